The minimum Gasteiger partial charge on any atom is -0.481 e. The van der Waals surface area contributed by atoms with Gasteiger partial charge in [0.05, 0.1) is 0 Å². The number of anilines is 1. The summed E-state index contributed by atoms with van der Waals surface area (Å²) >= 11 is 3.15. The maximum atomic E-state index is 13.6. The summed E-state index contributed by atoms with van der Waals surface area (Å²) in [6.45, 7) is -0.311. The molecule has 1 N–H and O–H groups in total. The van der Waals surface area contributed by atoms with Crippen LogP contribution < -0.4 is 14.8 Å². The van der Waals surface area contributed by atoms with Gasteiger partial charge in [0.15, 0.2) is 18.2 Å². The molecule has 0 aliphatic rings. The number of ether oxygens (including phenoxy) is 2. The molecule has 0 saturated carbocycles. The molecule has 0 bridgehead atoms. The van der Waals surface area contributed by atoms with Gasteiger partial charge in [0, 0.05) is 22.6 Å². The Labute approximate surface area is 157 Å². The number of carbonyl (C=O) groups excluding carboxylic acids is 1. The molecule has 0 atom stereocenters. The molecule has 6 nitrogen and oxygen atoms in total. The van der Waals surface area contributed by atoms with Crippen LogP contribution in [0.1, 0.15) is 0 Å². The van der Waals surface area contributed by atoms with Crippen molar-refractivity contribution in [3.05, 3.63) is 71.2 Å². The Balaban J connectivity index is 1.52. The molecule has 8 heteroatoms. The highest BCUT2D eigenvalue weighted by molar-refractivity contribution is 9.10. The Morgan fingerprint density at radius 1 is 1.12 bits per heavy atom. The lowest BCUT2D eigenvalue weighted by atomic mass is 10.3. The van der Waals surface area contributed by atoms with E-state index in [9.17, 15) is 9.18 Å². The van der Waals surface area contributed by atoms with Gasteiger partial charge in [-0.15, -0.1) is 0 Å². The van der Waals surface area contributed by atoms with Gasteiger partial charge in [0.2, 0.25) is 0 Å². The first-order valence-electron chi connectivity index (χ1n) is 7.53. The Kier molecular flexibility index (Phi) is 5.75. The Hall–Kier alpha value is -3.00. The zero-order valence-corrected chi connectivity index (χ0v) is 14.9. The van der Waals surface area contributed by atoms with Gasteiger partial charge in [0.1, 0.15) is 5.75 Å². The number of amides is 1. The van der Waals surface area contributed by atoms with E-state index in [1.54, 1.807) is 48.8 Å². The van der Waals surface area contributed by atoms with E-state index < -0.39 is 11.7 Å². The van der Waals surface area contributed by atoms with E-state index in [0.717, 1.165) is 0 Å². The third-order valence-corrected chi connectivity index (χ3v) is 3.64. The molecule has 0 aliphatic heterocycles. The monoisotopic (exact) mass is 417 g/mol. The van der Waals surface area contributed by atoms with E-state index in [-0.39, 0.29) is 18.4 Å². The maximum Gasteiger partial charge on any atom is 0.321 e. The number of hydrogen-bond acceptors (Lipinski definition) is 5. The lowest BCUT2D eigenvalue weighted by molar-refractivity contribution is -0.118. The summed E-state index contributed by atoms with van der Waals surface area (Å²) < 4.78 is 24.9. The predicted molar refractivity (Wildman–Crippen MR) is 96.8 cm³/mol. The second kappa shape index (κ2) is 8.39. The van der Waals surface area contributed by atoms with Crippen LogP contribution in [0.3, 0.4) is 0 Å². The predicted octanol–water partition coefficient (Wildman–Crippen LogP) is 4.19. The second-order valence-electron chi connectivity index (χ2n) is 5.07. The van der Waals surface area contributed by atoms with Crippen LogP contribution >= 0.6 is 15.9 Å². The largest absolute Gasteiger partial charge is 0.481 e. The van der Waals surface area contributed by atoms with Crippen LogP contribution in [0.5, 0.6) is 17.5 Å². The van der Waals surface area contributed by atoms with E-state index in [1.165, 1.54) is 12.1 Å². The van der Waals surface area contributed by atoms with Crippen molar-refractivity contribution in [1.29, 1.82) is 0 Å². The molecule has 0 radical (unpaired) electrons. The number of benzene rings is 2. The van der Waals surface area contributed by atoms with Crippen LogP contribution in [-0.2, 0) is 4.79 Å². The lowest BCUT2D eigenvalue weighted by Gasteiger charge is -2.09. The number of nitrogens with one attached hydrogen (secondary N) is 1. The molecule has 26 heavy (non-hydrogen) atoms. The highest BCUT2D eigenvalue weighted by Crippen LogP contribution is 2.22. The lowest BCUT2D eigenvalue weighted by Crippen LogP contribution is -2.20. The number of nitrogens with zero attached hydrogens (tertiary/aromatic N) is 2. The van der Waals surface area contributed by atoms with Gasteiger partial charge in [-0.05, 0) is 48.5 Å². The molecular formula is C18H13BrFN3O3. The van der Waals surface area contributed by atoms with Crippen LogP contribution in [0, 0.1) is 5.82 Å². The van der Waals surface area contributed by atoms with Crippen molar-refractivity contribution in [1.82, 2.24) is 9.97 Å². The minimum absolute atomic E-state index is 0.00922. The van der Waals surface area contributed by atoms with Crippen LogP contribution in [-0.4, -0.2) is 22.5 Å². The van der Waals surface area contributed by atoms with E-state index in [4.69, 9.17) is 9.47 Å². The number of hydrogen-bond donors (Lipinski definition) is 1. The molecule has 0 spiro atoms. The summed E-state index contributed by atoms with van der Waals surface area (Å²) in [4.78, 5) is 19.8. The molecule has 0 aliphatic carbocycles. The van der Waals surface area contributed by atoms with Gasteiger partial charge in [-0.3, -0.25) is 4.79 Å². The smallest absolute Gasteiger partial charge is 0.321 e. The molecule has 1 amide bonds. The zero-order valence-electron chi connectivity index (χ0n) is 13.4. The SMILES string of the molecule is O=C(COc1ccc(Br)cc1F)Nc1ccc(Oc2ncccn2)cc1. The van der Waals surface area contributed by atoms with E-state index >= 15 is 0 Å². The Bertz CT molecular complexity index is 892. The van der Waals surface area contributed by atoms with E-state index in [0.29, 0.717) is 15.9 Å². The average molecular weight is 418 g/mol. The Morgan fingerprint density at radius 2 is 1.85 bits per heavy atom. The highest BCUT2D eigenvalue weighted by atomic mass is 79.9. The number of halogens is 2. The van der Waals surface area contributed by atoms with Crippen molar-refractivity contribution >= 4 is 27.5 Å². The van der Waals surface area contributed by atoms with Crippen molar-refractivity contribution in [3.8, 4) is 17.5 Å². The van der Waals surface area contributed by atoms with Crippen LogP contribution in [0.4, 0.5) is 10.1 Å². The first kappa shape index (κ1) is 17.8. The fraction of sp³-hybridized carbons (Fsp3) is 0.0556. The summed E-state index contributed by atoms with van der Waals surface area (Å²) in [5.41, 5.74) is 0.552. The topological polar surface area (TPSA) is 73.3 Å². The van der Waals surface area contributed by atoms with Gasteiger partial charge >= 0.3 is 6.01 Å². The fourth-order valence-corrected chi connectivity index (χ4v) is 2.32. The van der Waals surface area contributed by atoms with Gasteiger partial charge in [-0.25, -0.2) is 14.4 Å². The third-order valence-electron chi connectivity index (χ3n) is 3.14. The molecule has 0 unspecified atom stereocenters. The first-order valence-corrected chi connectivity index (χ1v) is 8.32. The summed E-state index contributed by atoms with van der Waals surface area (Å²) in [6.07, 6.45) is 3.15. The van der Waals surface area contributed by atoms with Crippen molar-refractivity contribution in [2.24, 2.45) is 0 Å². The van der Waals surface area contributed by atoms with Crippen LogP contribution in [0.25, 0.3) is 0 Å². The van der Waals surface area contributed by atoms with Gasteiger partial charge in [-0.2, -0.15) is 0 Å². The number of carbonyl (C=O) groups is 1. The fourth-order valence-electron chi connectivity index (χ4n) is 1.98. The summed E-state index contributed by atoms with van der Waals surface area (Å²) in [5.74, 6) is -0.415. The van der Waals surface area contributed by atoms with Crippen molar-refractivity contribution in [3.63, 3.8) is 0 Å². The number of rotatable bonds is 6. The Morgan fingerprint density at radius 3 is 2.54 bits per heavy atom. The average Bonchev–Trinajstić information content (AvgIpc) is 2.63. The molecular weight excluding hydrogens is 405 g/mol. The van der Waals surface area contributed by atoms with Gasteiger partial charge in [-0.1, -0.05) is 15.9 Å². The molecule has 0 fully saturated rings. The van der Waals surface area contributed by atoms with Gasteiger partial charge < -0.3 is 14.8 Å². The molecule has 1 heterocycles. The van der Waals surface area contributed by atoms with Crippen molar-refractivity contribution in [2.75, 3.05) is 11.9 Å². The summed E-state index contributed by atoms with van der Waals surface area (Å²) in [6, 6.07) is 12.9. The summed E-state index contributed by atoms with van der Waals surface area (Å²) in [5, 5.41) is 2.65. The first-order chi connectivity index (χ1) is 12.6. The maximum absolute atomic E-state index is 13.6. The molecule has 3 rings (SSSR count). The summed E-state index contributed by atoms with van der Waals surface area (Å²) in [7, 11) is 0. The molecule has 0 saturated heterocycles. The second-order valence-corrected chi connectivity index (χ2v) is 5.99. The van der Waals surface area contributed by atoms with Crippen LogP contribution in [0.15, 0.2) is 65.4 Å². The van der Waals surface area contributed by atoms with Crippen molar-refractivity contribution in [2.45, 2.75) is 0 Å². The molecule has 3 aromatic rings. The van der Waals surface area contributed by atoms with Gasteiger partial charge in [0.25, 0.3) is 5.91 Å². The minimum atomic E-state index is -0.545. The highest BCUT2D eigenvalue weighted by Gasteiger charge is 2.08. The normalized spacial score (nSPS) is 10.2. The molecule has 2 aromatic carbocycles. The standard InChI is InChI=1S/C18H13BrFN3O3/c19-12-2-7-16(15(20)10-12)25-11-17(24)23-13-3-5-14(6-4-13)26-18-21-8-1-9-22-18/h1-10H,11H2,(H,23,24). The van der Waals surface area contributed by atoms with E-state index in [1.807, 2.05) is 0 Å². The quantitative estimate of drug-likeness (QED) is 0.650. The zero-order chi connectivity index (χ0) is 18.4. The molecule has 132 valence electrons. The third kappa shape index (κ3) is 5.00. The molecule has 1 aromatic heterocycles. The number of aromatic nitrogens is 2. The van der Waals surface area contributed by atoms with E-state index in [2.05, 4.69) is 31.2 Å². The van der Waals surface area contributed by atoms with Crippen LogP contribution in [0.2, 0.25) is 0 Å². The van der Waals surface area contributed by atoms with Crippen molar-refractivity contribution < 1.29 is 18.7 Å².